The zero-order chi connectivity index (χ0) is 21.2. The number of carbonyl (C=O) groups excluding carboxylic acids is 1. The van der Waals surface area contributed by atoms with Gasteiger partial charge in [0.2, 0.25) is 6.79 Å². The zero-order valence-corrected chi connectivity index (χ0v) is 17.5. The maximum absolute atomic E-state index is 12.4. The first-order valence-electron chi connectivity index (χ1n) is 9.69. The van der Waals surface area contributed by atoms with E-state index in [0.29, 0.717) is 23.0 Å². The van der Waals surface area contributed by atoms with Gasteiger partial charge in [0.15, 0.2) is 23.0 Å². The second-order valence-electron chi connectivity index (χ2n) is 6.95. The Morgan fingerprint density at radius 3 is 2.81 bits per heavy atom. The molecule has 156 valence electrons. The number of methoxy groups -OCH3 is 1. The van der Waals surface area contributed by atoms with Crippen molar-refractivity contribution in [2.75, 3.05) is 19.2 Å². The molecule has 0 unspecified atom stereocenters. The van der Waals surface area contributed by atoms with Crippen molar-refractivity contribution in [1.29, 1.82) is 0 Å². The monoisotopic (exact) mass is 433 g/mol. The van der Waals surface area contributed by atoms with Crippen molar-refractivity contribution in [3.05, 3.63) is 76.7 Å². The van der Waals surface area contributed by atoms with E-state index < -0.39 is 0 Å². The normalized spacial score (nSPS) is 15.4. The van der Waals surface area contributed by atoms with Crippen LogP contribution in [0.2, 0.25) is 0 Å². The van der Waals surface area contributed by atoms with Crippen molar-refractivity contribution in [2.24, 2.45) is 0 Å². The van der Waals surface area contributed by atoms with Gasteiger partial charge in [0.05, 0.1) is 17.7 Å². The van der Waals surface area contributed by atoms with E-state index in [1.54, 1.807) is 7.11 Å². The predicted molar refractivity (Wildman–Crippen MR) is 119 cm³/mol. The quantitative estimate of drug-likeness (QED) is 0.566. The van der Waals surface area contributed by atoms with Gasteiger partial charge < -0.3 is 24.3 Å². The lowest BCUT2D eigenvalue weighted by atomic mass is 10.1. The molecule has 7 heteroatoms. The molecule has 3 aromatic rings. The van der Waals surface area contributed by atoms with Crippen LogP contribution in [0, 0.1) is 0 Å². The summed E-state index contributed by atoms with van der Waals surface area (Å²) in [6.45, 7) is 0.606. The SMILES string of the molecule is COc1cc(/C=C2\Sc3ccccc3NC2=O)ccc1OCc1ccc2c(c1)OCO2. The highest BCUT2D eigenvalue weighted by molar-refractivity contribution is 8.04. The van der Waals surface area contributed by atoms with E-state index in [1.165, 1.54) is 11.8 Å². The fraction of sp³-hybridized carbons (Fsp3) is 0.125. The third-order valence-corrected chi connectivity index (χ3v) is 5.99. The summed E-state index contributed by atoms with van der Waals surface area (Å²) >= 11 is 1.45. The molecule has 0 spiro atoms. The van der Waals surface area contributed by atoms with Crippen molar-refractivity contribution in [3.63, 3.8) is 0 Å². The number of carbonyl (C=O) groups is 1. The van der Waals surface area contributed by atoms with Crippen LogP contribution in [0.3, 0.4) is 0 Å². The molecular weight excluding hydrogens is 414 g/mol. The first-order valence-corrected chi connectivity index (χ1v) is 10.5. The van der Waals surface area contributed by atoms with Gasteiger partial charge in [-0.25, -0.2) is 0 Å². The smallest absolute Gasteiger partial charge is 0.262 e. The standard InChI is InChI=1S/C24H19NO5S/c1-27-20-10-15(12-23-24(26)25-17-4-2-3-5-22(17)31-23)6-8-18(20)28-13-16-7-9-19-21(11-16)30-14-29-19/h2-12H,13-14H2,1H3,(H,25,26)/b23-12-. The maximum Gasteiger partial charge on any atom is 0.262 e. The van der Waals surface area contributed by atoms with Crippen LogP contribution in [-0.2, 0) is 11.4 Å². The van der Waals surface area contributed by atoms with Gasteiger partial charge in [0, 0.05) is 4.90 Å². The van der Waals surface area contributed by atoms with E-state index in [0.717, 1.165) is 33.2 Å². The van der Waals surface area contributed by atoms with Crippen LogP contribution < -0.4 is 24.3 Å². The Hall–Kier alpha value is -3.58. The maximum atomic E-state index is 12.4. The lowest BCUT2D eigenvalue weighted by Gasteiger charge is -2.18. The molecule has 0 aromatic heterocycles. The highest BCUT2D eigenvalue weighted by atomic mass is 32.2. The zero-order valence-electron chi connectivity index (χ0n) is 16.7. The average molecular weight is 433 g/mol. The minimum atomic E-state index is -0.120. The Balaban J connectivity index is 1.33. The number of amides is 1. The minimum absolute atomic E-state index is 0.120. The van der Waals surface area contributed by atoms with E-state index in [9.17, 15) is 4.79 Å². The van der Waals surface area contributed by atoms with Crippen molar-refractivity contribution < 1.29 is 23.7 Å². The Kier molecular flexibility index (Phi) is 5.18. The number of benzene rings is 3. The molecule has 2 aliphatic heterocycles. The molecule has 0 saturated carbocycles. The summed E-state index contributed by atoms with van der Waals surface area (Å²) in [6.07, 6.45) is 1.85. The Bertz CT molecular complexity index is 1190. The van der Waals surface area contributed by atoms with Crippen LogP contribution in [0.25, 0.3) is 6.08 Å². The van der Waals surface area contributed by atoms with Crippen molar-refractivity contribution >= 4 is 29.4 Å². The van der Waals surface area contributed by atoms with Gasteiger partial charge in [-0.05, 0) is 53.6 Å². The van der Waals surface area contributed by atoms with Gasteiger partial charge in [-0.1, -0.05) is 36.0 Å². The summed E-state index contributed by atoms with van der Waals surface area (Å²) in [4.78, 5) is 14.1. The summed E-state index contributed by atoms with van der Waals surface area (Å²) in [5.74, 6) is 2.56. The van der Waals surface area contributed by atoms with Crippen molar-refractivity contribution in [2.45, 2.75) is 11.5 Å². The van der Waals surface area contributed by atoms with Crippen LogP contribution in [0.15, 0.2) is 70.5 Å². The fourth-order valence-electron chi connectivity index (χ4n) is 3.34. The molecule has 2 heterocycles. The molecule has 0 saturated heterocycles. The van der Waals surface area contributed by atoms with E-state index in [1.807, 2.05) is 66.7 Å². The highest BCUT2D eigenvalue weighted by Crippen LogP contribution is 2.39. The summed E-state index contributed by atoms with van der Waals surface area (Å²) in [5.41, 5.74) is 2.65. The lowest BCUT2D eigenvalue weighted by Crippen LogP contribution is -2.17. The van der Waals surface area contributed by atoms with E-state index in [4.69, 9.17) is 18.9 Å². The Morgan fingerprint density at radius 1 is 1.03 bits per heavy atom. The van der Waals surface area contributed by atoms with Crippen LogP contribution in [0.1, 0.15) is 11.1 Å². The number of hydrogen-bond acceptors (Lipinski definition) is 6. The van der Waals surface area contributed by atoms with Gasteiger partial charge in [-0.2, -0.15) is 0 Å². The number of rotatable bonds is 5. The number of fused-ring (bicyclic) bond motifs is 2. The number of hydrogen-bond donors (Lipinski definition) is 1. The highest BCUT2D eigenvalue weighted by Gasteiger charge is 2.20. The molecule has 2 aliphatic rings. The topological polar surface area (TPSA) is 66.0 Å². The first kappa shape index (κ1) is 19.4. The summed E-state index contributed by atoms with van der Waals surface area (Å²) in [7, 11) is 1.60. The number of nitrogens with one attached hydrogen (secondary N) is 1. The minimum Gasteiger partial charge on any atom is -0.493 e. The van der Waals surface area contributed by atoms with E-state index >= 15 is 0 Å². The van der Waals surface area contributed by atoms with Crippen LogP contribution in [-0.4, -0.2) is 19.8 Å². The van der Waals surface area contributed by atoms with E-state index in [-0.39, 0.29) is 12.7 Å². The van der Waals surface area contributed by atoms with Crippen LogP contribution in [0.4, 0.5) is 5.69 Å². The summed E-state index contributed by atoms with van der Waals surface area (Å²) < 4.78 is 22.2. The van der Waals surface area contributed by atoms with Gasteiger partial charge in [-0.15, -0.1) is 0 Å². The summed E-state index contributed by atoms with van der Waals surface area (Å²) in [6, 6.07) is 19.1. The second kappa shape index (κ2) is 8.28. The Morgan fingerprint density at radius 2 is 1.90 bits per heavy atom. The molecule has 0 bridgehead atoms. The average Bonchev–Trinajstić information content (AvgIpc) is 3.26. The van der Waals surface area contributed by atoms with Crippen LogP contribution >= 0.6 is 11.8 Å². The number of thioether (sulfide) groups is 1. The largest absolute Gasteiger partial charge is 0.493 e. The molecule has 0 fully saturated rings. The third-order valence-electron chi connectivity index (χ3n) is 4.90. The number of anilines is 1. The molecule has 3 aromatic carbocycles. The molecule has 5 rings (SSSR count). The molecule has 6 nitrogen and oxygen atoms in total. The lowest BCUT2D eigenvalue weighted by molar-refractivity contribution is -0.112. The summed E-state index contributed by atoms with van der Waals surface area (Å²) in [5, 5.41) is 2.92. The number of ether oxygens (including phenoxy) is 4. The second-order valence-corrected chi connectivity index (χ2v) is 8.03. The van der Waals surface area contributed by atoms with E-state index in [2.05, 4.69) is 5.32 Å². The molecule has 1 N–H and O–H groups in total. The predicted octanol–water partition coefficient (Wildman–Crippen LogP) is 5.09. The number of para-hydroxylation sites is 1. The molecule has 31 heavy (non-hydrogen) atoms. The molecule has 0 aliphatic carbocycles. The molecule has 0 atom stereocenters. The molecule has 1 amide bonds. The fourth-order valence-corrected chi connectivity index (χ4v) is 4.29. The van der Waals surface area contributed by atoms with Gasteiger partial charge in [-0.3, -0.25) is 4.79 Å². The van der Waals surface area contributed by atoms with Crippen molar-refractivity contribution in [1.82, 2.24) is 0 Å². The van der Waals surface area contributed by atoms with Gasteiger partial charge in [0.1, 0.15) is 6.61 Å². The van der Waals surface area contributed by atoms with Crippen molar-refractivity contribution in [3.8, 4) is 23.0 Å². The third kappa shape index (κ3) is 4.04. The Labute approximate surface area is 183 Å². The first-order chi connectivity index (χ1) is 15.2. The van der Waals surface area contributed by atoms with Gasteiger partial charge >= 0.3 is 0 Å². The van der Waals surface area contributed by atoms with Gasteiger partial charge in [0.25, 0.3) is 5.91 Å². The molecule has 0 radical (unpaired) electrons. The molecular formula is C24H19NO5S. The van der Waals surface area contributed by atoms with Crippen LogP contribution in [0.5, 0.6) is 23.0 Å².